The molecule has 0 aliphatic carbocycles. The molecule has 0 bridgehead atoms. The van der Waals surface area contributed by atoms with Crippen LogP contribution in [0, 0.1) is 0 Å². The molecule has 0 saturated heterocycles. The minimum absolute atomic E-state index is 0.126. The van der Waals surface area contributed by atoms with E-state index in [0.29, 0.717) is 5.76 Å². The second kappa shape index (κ2) is 5.47. The van der Waals surface area contributed by atoms with Crippen molar-refractivity contribution in [2.75, 3.05) is 0 Å². The molecule has 1 aromatic heterocycles. The summed E-state index contributed by atoms with van der Waals surface area (Å²) in [5.41, 5.74) is 0. The van der Waals surface area contributed by atoms with Crippen molar-refractivity contribution in [2.45, 2.75) is 39.2 Å². The minimum atomic E-state index is -0.126. The van der Waals surface area contributed by atoms with Gasteiger partial charge >= 0.3 is 0 Å². The average Bonchev–Trinajstić information content (AvgIpc) is 2.67. The normalized spacial score (nSPS) is 12.4. The first-order valence-corrected chi connectivity index (χ1v) is 5.08. The van der Waals surface area contributed by atoms with Gasteiger partial charge in [0.25, 0.3) is 5.91 Å². The van der Waals surface area contributed by atoms with E-state index in [1.54, 1.807) is 12.1 Å². The number of hydrogen-bond acceptors (Lipinski definition) is 2. The van der Waals surface area contributed by atoms with Crippen molar-refractivity contribution >= 4 is 5.91 Å². The van der Waals surface area contributed by atoms with Crippen molar-refractivity contribution < 1.29 is 9.21 Å². The number of furan rings is 1. The van der Waals surface area contributed by atoms with Crippen LogP contribution in [0.2, 0.25) is 0 Å². The summed E-state index contributed by atoms with van der Waals surface area (Å²) in [6.07, 6.45) is 4.81. The molecule has 1 aromatic rings. The summed E-state index contributed by atoms with van der Waals surface area (Å²) in [5, 5.41) is 2.88. The maximum Gasteiger partial charge on any atom is 0.287 e. The van der Waals surface area contributed by atoms with Gasteiger partial charge < -0.3 is 9.73 Å². The Morgan fingerprint density at radius 1 is 1.64 bits per heavy atom. The van der Waals surface area contributed by atoms with Gasteiger partial charge in [0.2, 0.25) is 0 Å². The molecule has 1 amide bonds. The van der Waals surface area contributed by atoms with Gasteiger partial charge in [0.05, 0.1) is 6.26 Å². The van der Waals surface area contributed by atoms with E-state index in [2.05, 4.69) is 12.2 Å². The van der Waals surface area contributed by atoms with Crippen LogP contribution in [-0.4, -0.2) is 11.9 Å². The molecule has 0 spiro atoms. The third kappa shape index (κ3) is 3.24. The van der Waals surface area contributed by atoms with Gasteiger partial charge in [-0.05, 0) is 25.5 Å². The highest BCUT2D eigenvalue weighted by atomic mass is 16.3. The molecular weight excluding hydrogens is 178 g/mol. The van der Waals surface area contributed by atoms with Crippen LogP contribution >= 0.6 is 0 Å². The predicted octanol–water partition coefficient (Wildman–Crippen LogP) is 2.59. The highest BCUT2D eigenvalue weighted by Gasteiger charge is 2.10. The summed E-state index contributed by atoms with van der Waals surface area (Å²) in [4.78, 5) is 11.5. The lowest BCUT2D eigenvalue weighted by Crippen LogP contribution is -2.32. The Morgan fingerprint density at radius 2 is 2.43 bits per heavy atom. The third-order valence-corrected chi connectivity index (χ3v) is 2.11. The highest BCUT2D eigenvalue weighted by Crippen LogP contribution is 2.03. The number of carbonyl (C=O) groups excluding carboxylic acids is 1. The fourth-order valence-corrected chi connectivity index (χ4v) is 1.29. The molecule has 0 aromatic carbocycles. The van der Waals surface area contributed by atoms with Crippen LogP contribution in [0.5, 0.6) is 0 Å². The van der Waals surface area contributed by atoms with E-state index in [1.807, 2.05) is 6.92 Å². The second-order valence-corrected chi connectivity index (χ2v) is 3.49. The molecule has 1 heterocycles. The van der Waals surface area contributed by atoms with E-state index in [4.69, 9.17) is 4.42 Å². The van der Waals surface area contributed by atoms with Crippen molar-refractivity contribution in [3.8, 4) is 0 Å². The fraction of sp³-hybridized carbons (Fsp3) is 0.545. The van der Waals surface area contributed by atoms with Crippen molar-refractivity contribution in [1.82, 2.24) is 5.32 Å². The molecule has 0 radical (unpaired) electrons. The van der Waals surface area contributed by atoms with Crippen molar-refractivity contribution in [1.29, 1.82) is 0 Å². The van der Waals surface area contributed by atoms with Gasteiger partial charge in [-0.15, -0.1) is 0 Å². The highest BCUT2D eigenvalue weighted by molar-refractivity contribution is 5.91. The second-order valence-electron chi connectivity index (χ2n) is 3.49. The van der Waals surface area contributed by atoms with Gasteiger partial charge in [-0.3, -0.25) is 4.79 Å². The number of hydrogen-bond donors (Lipinski definition) is 1. The maximum atomic E-state index is 11.5. The van der Waals surface area contributed by atoms with Gasteiger partial charge in [-0.25, -0.2) is 0 Å². The van der Waals surface area contributed by atoms with Gasteiger partial charge in [0.15, 0.2) is 5.76 Å². The van der Waals surface area contributed by atoms with Crippen LogP contribution in [0.1, 0.15) is 43.7 Å². The number of amides is 1. The Hall–Kier alpha value is -1.25. The Morgan fingerprint density at radius 3 is 3.00 bits per heavy atom. The zero-order valence-electron chi connectivity index (χ0n) is 8.75. The molecule has 0 aliphatic heterocycles. The topological polar surface area (TPSA) is 42.2 Å². The largest absolute Gasteiger partial charge is 0.459 e. The minimum Gasteiger partial charge on any atom is -0.459 e. The summed E-state index contributed by atoms with van der Waals surface area (Å²) in [6.45, 7) is 4.15. The Bertz CT molecular complexity index is 267. The first kappa shape index (κ1) is 10.8. The first-order valence-electron chi connectivity index (χ1n) is 5.08. The molecule has 0 aliphatic rings. The molecule has 1 atom stereocenters. The summed E-state index contributed by atoms with van der Waals surface area (Å²) in [6, 6.07) is 3.60. The van der Waals surface area contributed by atoms with Crippen LogP contribution in [-0.2, 0) is 0 Å². The van der Waals surface area contributed by atoms with Gasteiger partial charge in [0, 0.05) is 6.04 Å². The summed E-state index contributed by atoms with van der Waals surface area (Å²) >= 11 is 0. The number of unbranched alkanes of at least 4 members (excludes halogenated alkanes) is 1. The van der Waals surface area contributed by atoms with Gasteiger partial charge in [-0.2, -0.15) is 0 Å². The molecule has 0 fully saturated rings. The van der Waals surface area contributed by atoms with Crippen molar-refractivity contribution in [3.63, 3.8) is 0 Å². The Balaban J connectivity index is 2.34. The molecule has 3 heteroatoms. The molecule has 3 nitrogen and oxygen atoms in total. The maximum absolute atomic E-state index is 11.5. The molecule has 78 valence electrons. The molecule has 1 N–H and O–H groups in total. The molecule has 14 heavy (non-hydrogen) atoms. The smallest absolute Gasteiger partial charge is 0.287 e. The number of rotatable bonds is 5. The lowest BCUT2D eigenvalue weighted by molar-refractivity contribution is 0.0910. The van der Waals surface area contributed by atoms with Crippen LogP contribution in [0.15, 0.2) is 22.8 Å². The molecular formula is C11H17NO2. The molecule has 0 saturated carbocycles. The lowest BCUT2D eigenvalue weighted by atomic mass is 10.1. The summed E-state index contributed by atoms with van der Waals surface area (Å²) in [5.74, 6) is 0.256. The third-order valence-electron chi connectivity index (χ3n) is 2.11. The standard InChI is InChI=1S/C11H17NO2/c1-3-4-6-9(2)12-11(13)10-7-5-8-14-10/h5,7-9H,3-4,6H2,1-2H3,(H,12,13). The predicted molar refractivity (Wildman–Crippen MR) is 55.2 cm³/mol. The van der Waals surface area contributed by atoms with E-state index >= 15 is 0 Å². The van der Waals surface area contributed by atoms with E-state index in [0.717, 1.165) is 19.3 Å². The lowest BCUT2D eigenvalue weighted by Gasteiger charge is -2.11. The van der Waals surface area contributed by atoms with Crippen LogP contribution in [0.4, 0.5) is 0 Å². The van der Waals surface area contributed by atoms with Gasteiger partial charge in [0.1, 0.15) is 0 Å². The van der Waals surface area contributed by atoms with Crippen molar-refractivity contribution in [3.05, 3.63) is 24.2 Å². The van der Waals surface area contributed by atoms with E-state index in [1.165, 1.54) is 6.26 Å². The van der Waals surface area contributed by atoms with E-state index in [9.17, 15) is 4.79 Å². The van der Waals surface area contributed by atoms with Gasteiger partial charge in [-0.1, -0.05) is 19.8 Å². The molecule has 1 unspecified atom stereocenters. The molecule has 1 rings (SSSR count). The van der Waals surface area contributed by atoms with E-state index in [-0.39, 0.29) is 11.9 Å². The SMILES string of the molecule is CCCCC(C)NC(=O)c1ccco1. The van der Waals surface area contributed by atoms with Crippen molar-refractivity contribution in [2.24, 2.45) is 0 Å². The number of nitrogens with one attached hydrogen (secondary N) is 1. The number of carbonyl (C=O) groups is 1. The van der Waals surface area contributed by atoms with E-state index < -0.39 is 0 Å². The van der Waals surface area contributed by atoms with Crippen LogP contribution in [0.3, 0.4) is 0 Å². The summed E-state index contributed by atoms with van der Waals surface area (Å²) < 4.78 is 4.99. The first-order chi connectivity index (χ1) is 6.74. The monoisotopic (exact) mass is 195 g/mol. The fourth-order valence-electron chi connectivity index (χ4n) is 1.29. The average molecular weight is 195 g/mol. The quantitative estimate of drug-likeness (QED) is 0.784. The Labute approximate surface area is 84.5 Å². The Kier molecular flexibility index (Phi) is 4.23. The zero-order chi connectivity index (χ0) is 10.4. The zero-order valence-corrected chi connectivity index (χ0v) is 8.75. The summed E-state index contributed by atoms with van der Waals surface area (Å²) in [7, 11) is 0. The van der Waals surface area contributed by atoms with Crippen LogP contribution in [0.25, 0.3) is 0 Å². The van der Waals surface area contributed by atoms with Crippen LogP contribution < -0.4 is 5.32 Å².